The fourth-order valence-electron chi connectivity index (χ4n) is 0.888. The number of nitrogens with zero attached hydrogens (tertiary/aromatic N) is 2. The fraction of sp³-hybridized carbons (Fsp3) is 0.286. The van der Waals surface area contributed by atoms with Crippen molar-refractivity contribution < 1.29 is 10.0 Å². The highest BCUT2D eigenvalue weighted by molar-refractivity contribution is 6.31. The number of rotatable bonds is 3. The summed E-state index contributed by atoms with van der Waals surface area (Å²) in [4.78, 5) is 13.4. The standard InChI is InChI=1S/C7H8ClN3O3/c8-7-6(11(13)14)1-4(2-10-7)5(9)3-12/h1-2,5,12H,3,9H2/t5-/m0/s1. The Bertz CT molecular complexity index is 358. The van der Waals surface area contributed by atoms with Crippen LogP contribution in [-0.2, 0) is 0 Å². The third kappa shape index (κ3) is 2.16. The lowest BCUT2D eigenvalue weighted by Crippen LogP contribution is -2.15. The quantitative estimate of drug-likeness (QED) is 0.439. The Balaban J connectivity index is 3.12. The lowest BCUT2D eigenvalue weighted by atomic mass is 10.1. The Labute approximate surface area is 84.5 Å². The molecule has 1 heterocycles. The lowest BCUT2D eigenvalue weighted by Gasteiger charge is -2.07. The first-order chi connectivity index (χ1) is 6.56. The van der Waals surface area contributed by atoms with Gasteiger partial charge in [0, 0.05) is 12.3 Å². The van der Waals surface area contributed by atoms with Crippen LogP contribution in [0.1, 0.15) is 11.6 Å². The van der Waals surface area contributed by atoms with Gasteiger partial charge in [0.05, 0.1) is 17.6 Å². The molecule has 0 radical (unpaired) electrons. The highest BCUT2D eigenvalue weighted by Gasteiger charge is 2.16. The van der Waals surface area contributed by atoms with Gasteiger partial charge in [-0.05, 0) is 5.56 Å². The number of pyridine rings is 1. The highest BCUT2D eigenvalue weighted by atomic mass is 35.5. The van der Waals surface area contributed by atoms with E-state index in [2.05, 4.69) is 4.98 Å². The van der Waals surface area contributed by atoms with E-state index in [0.29, 0.717) is 5.56 Å². The summed E-state index contributed by atoms with van der Waals surface area (Å²) in [6.07, 6.45) is 1.30. The molecule has 0 aromatic carbocycles. The van der Waals surface area contributed by atoms with Crippen molar-refractivity contribution in [2.75, 3.05) is 6.61 Å². The Kier molecular flexibility index (Phi) is 3.34. The van der Waals surface area contributed by atoms with Gasteiger partial charge >= 0.3 is 5.69 Å². The number of nitro groups is 1. The number of hydrogen-bond donors (Lipinski definition) is 2. The molecule has 14 heavy (non-hydrogen) atoms. The van der Waals surface area contributed by atoms with Crippen LogP contribution in [0.5, 0.6) is 0 Å². The number of nitrogens with two attached hydrogens (primary N) is 1. The molecule has 0 aliphatic carbocycles. The molecule has 7 heteroatoms. The molecule has 0 saturated carbocycles. The smallest absolute Gasteiger partial charge is 0.306 e. The van der Waals surface area contributed by atoms with Gasteiger partial charge in [0.1, 0.15) is 0 Å². The van der Waals surface area contributed by atoms with Crippen LogP contribution in [0.3, 0.4) is 0 Å². The van der Waals surface area contributed by atoms with Gasteiger partial charge in [-0.15, -0.1) is 0 Å². The summed E-state index contributed by atoms with van der Waals surface area (Å²) in [6.45, 7) is -0.305. The minimum atomic E-state index is -0.682. The first-order valence-corrected chi connectivity index (χ1v) is 4.10. The van der Waals surface area contributed by atoms with Crippen LogP contribution in [-0.4, -0.2) is 21.6 Å². The maximum absolute atomic E-state index is 10.5. The van der Waals surface area contributed by atoms with E-state index in [4.69, 9.17) is 22.4 Å². The van der Waals surface area contributed by atoms with Crippen LogP contribution in [0.4, 0.5) is 5.69 Å². The van der Waals surface area contributed by atoms with Gasteiger partial charge in [-0.25, -0.2) is 4.98 Å². The second-order valence-electron chi connectivity index (χ2n) is 2.62. The van der Waals surface area contributed by atoms with Crippen LogP contribution < -0.4 is 5.73 Å². The van der Waals surface area contributed by atoms with E-state index in [9.17, 15) is 10.1 Å². The van der Waals surface area contributed by atoms with Gasteiger partial charge in [0.25, 0.3) is 0 Å². The predicted octanol–water partition coefficient (Wildman–Crippen LogP) is 0.635. The van der Waals surface area contributed by atoms with Crippen molar-refractivity contribution in [2.24, 2.45) is 5.73 Å². The van der Waals surface area contributed by atoms with Gasteiger partial charge in [-0.2, -0.15) is 0 Å². The zero-order valence-corrected chi connectivity index (χ0v) is 7.81. The summed E-state index contributed by atoms with van der Waals surface area (Å²) in [7, 11) is 0. The van der Waals surface area contributed by atoms with E-state index in [-0.39, 0.29) is 17.4 Å². The third-order valence-electron chi connectivity index (χ3n) is 1.66. The lowest BCUT2D eigenvalue weighted by molar-refractivity contribution is -0.385. The molecule has 0 saturated heterocycles. The van der Waals surface area contributed by atoms with E-state index in [1.165, 1.54) is 12.3 Å². The summed E-state index contributed by atoms with van der Waals surface area (Å²) in [5.74, 6) is 0. The van der Waals surface area contributed by atoms with Gasteiger partial charge in [0.15, 0.2) is 0 Å². The Morgan fingerprint density at radius 2 is 2.43 bits per heavy atom. The molecule has 0 spiro atoms. The number of aliphatic hydroxyl groups is 1. The molecule has 0 unspecified atom stereocenters. The Hall–Kier alpha value is -1.24. The summed E-state index contributed by atoms with van der Waals surface area (Å²) in [5, 5.41) is 19.0. The van der Waals surface area contributed by atoms with Gasteiger partial charge in [-0.3, -0.25) is 10.1 Å². The molecule has 1 aromatic rings. The second-order valence-corrected chi connectivity index (χ2v) is 2.98. The van der Waals surface area contributed by atoms with Crippen LogP contribution in [0.25, 0.3) is 0 Å². The van der Waals surface area contributed by atoms with Crippen molar-refractivity contribution in [1.82, 2.24) is 4.98 Å². The third-order valence-corrected chi connectivity index (χ3v) is 1.95. The van der Waals surface area contributed by atoms with E-state index in [0.717, 1.165) is 0 Å². The molecule has 0 bridgehead atoms. The zero-order valence-electron chi connectivity index (χ0n) is 7.05. The molecule has 1 atom stereocenters. The van der Waals surface area contributed by atoms with Gasteiger partial charge in [-0.1, -0.05) is 11.6 Å². The molecule has 0 fully saturated rings. The second kappa shape index (κ2) is 4.32. The molecule has 1 rings (SSSR count). The van der Waals surface area contributed by atoms with Gasteiger partial charge in [0.2, 0.25) is 5.15 Å². The number of aromatic nitrogens is 1. The monoisotopic (exact) mass is 217 g/mol. The molecule has 76 valence electrons. The minimum absolute atomic E-state index is 0.191. The summed E-state index contributed by atoms with van der Waals surface area (Å²) < 4.78 is 0. The molecule has 1 aromatic heterocycles. The summed E-state index contributed by atoms with van der Waals surface area (Å²) in [5.41, 5.74) is 5.52. The van der Waals surface area contributed by atoms with E-state index in [1.54, 1.807) is 0 Å². The van der Waals surface area contributed by atoms with E-state index < -0.39 is 11.0 Å². The fourth-order valence-corrected chi connectivity index (χ4v) is 1.06. The minimum Gasteiger partial charge on any atom is -0.394 e. The highest BCUT2D eigenvalue weighted by Crippen LogP contribution is 2.24. The molecule has 0 aliphatic heterocycles. The van der Waals surface area contributed by atoms with Crippen molar-refractivity contribution in [3.63, 3.8) is 0 Å². The number of hydrogen-bond acceptors (Lipinski definition) is 5. The average molecular weight is 218 g/mol. The van der Waals surface area contributed by atoms with Crippen LogP contribution in [0.2, 0.25) is 5.15 Å². The number of aliphatic hydroxyl groups excluding tert-OH is 1. The first kappa shape index (κ1) is 10.8. The molecule has 6 nitrogen and oxygen atoms in total. The van der Waals surface area contributed by atoms with Crippen molar-refractivity contribution in [3.05, 3.63) is 33.1 Å². The topological polar surface area (TPSA) is 102 Å². The SMILES string of the molecule is N[C@@H](CO)c1cnc(Cl)c([N+](=O)[O-])c1. The maximum atomic E-state index is 10.5. The van der Waals surface area contributed by atoms with Crippen molar-refractivity contribution >= 4 is 17.3 Å². The number of halogens is 1. The predicted molar refractivity (Wildman–Crippen MR) is 49.9 cm³/mol. The van der Waals surface area contributed by atoms with Crippen molar-refractivity contribution in [2.45, 2.75) is 6.04 Å². The molecular weight excluding hydrogens is 210 g/mol. The first-order valence-electron chi connectivity index (χ1n) is 3.72. The Morgan fingerprint density at radius 1 is 1.79 bits per heavy atom. The van der Waals surface area contributed by atoms with Crippen molar-refractivity contribution in [1.29, 1.82) is 0 Å². The largest absolute Gasteiger partial charge is 0.394 e. The maximum Gasteiger partial charge on any atom is 0.306 e. The average Bonchev–Trinajstić information content (AvgIpc) is 2.17. The molecular formula is C7H8ClN3O3. The zero-order chi connectivity index (χ0) is 10.7. The van der Waals surface area contributed by atoms with Crippen LogP contribution in [0, 0.1) is 10.1 Å². The molecule has 3 N–H and O–H groups in total. The normalized spacial score (nSPS) is 12.5. The van der Waals surface area contributed by atoms with Crippen molar-refractivity contribution in [3.8, 4) is 0 Å². The Morgan fingerprint density at radius 3 is 2.93 bits per heavy atom. The van der Waals surface area contributed by atoms with E-state index >= 15 is 0 Å². The van der Waals surface area contributed by atoms with Crippen LogP contribution >= 0.6 is 11.6 Å². The van der Waals surface area contributed by atoms with E-state index in [1.807, 2.05) is 0 Å². The molecule has 0 amide bonds. The molecule has 0 aliphatic rings. The summed E-state index contributed by atoms with van der Waals surface area (Å²) in [6, 6.07) is 0.523. The van der Waals surface area contributed by atoms with Gasteiger partial charge < -0.3 is 10.8 Å². The summed E-state index contributed by atoms with van der Waals surface area (Å²) >= 11 is 5.48. The van der Waals surface area contributed by atoms with Crippen LogP contribution in [0.15, 0.2) is 12.3 Å².